The van der Waals surface area contributed by atoms with Crippen LogP contribution >= 0.6 is 0 Å². The first kappa shape index (κ1) is 21.3. The summed E-state index contributed by atoms with van der Waals surface area (Å²) in [6.45, 7) is 0.924. The van der Waals surface area contributed by atoms with E-state index >= 15 is 0 Å². The summed E-state index contributed by atoms with van der Waals surface area (Å²) < 4.78 is 42.4. The Bertz CT molecular complexity index is 1160. The zero-order chi connectivity index (χ0) is 22.0. The van der Waals surface area contributed by atoms with Gasteiger partial charge in [-0.3, -0.25) is 0 Å². The van der Waals surface area contributed by atoms with Crippen molar-refractivity contribution in [3.63, 3.8) is 0 Å². The molecule has 1 N–H and O–H groups in total. The van der Waals surface area contributed by atoms with Crippen molar-refractivity contribution in [2.45, 2.75) is 17.4 Å². The number of hydrogen-bond donors (Lipinski definition) is 1. The van der Waals surface area contributed by atoms with Gasteiger partial charge in [-0.15, -0.1) is 0 Å². The Morgan fingerprint density at radius 2 is 1.68 bits per heavy atom. The Morgan fingerprint density at radius 3 is 2.39 bits per heavy atom. The molecular formula is C24H26FN3O2S. The minimum Gasteiger partial charge on any atom is -0.378 e. The third-order valence-corrected chi connectivity index (χ3v) is 7.14. The molecule has 31 heavy (non-hydrogen) atoms. The minimum atomic E-state index is -3.98. The van der Waals surface area contributed by atoms with E-state index in [4.69, 9.17) is 0 Å². The van der Waals surface area contributed by atoms with Gasteiger partial charge in [0.2, 0.25) is 10.0 Å². The Morgan fingerprint density at radius 1 is 1.00 bits per heavy atom. The van der Waals surface area contributed by atoms with Crippen LogP contribution in [0.4, 0.5) is 15.8 Å². The number of hydrogen-bond acceptors (Lipinski definition) is 4. The third kappa shape index (κ3) is 4.43. The van der Waals surface area contributed by atoms with E-state index < -0.39 is 15.8 Å². The maximum absolute atomic E-state index is 14.1. The van der Waals surface area contributed by atoms with Crippen LogP contribution in [0.5, 0.6) is 0 Å². The molecule has 0 unspecified atom stereocenters. The smallest absolute Gasteiger partial charge is 0.243 e. The quantitative estimate of drug-likeness (QED) is 0.605. The molecule has 1 aliphatic rings. The van der Waals surface area contributed by atoms with Crippen LogP contribution in [0.3, 0.4) is 0 Å². The van der Waals surface area contributed by atoms with E-state index in [1.165, 1.54) is 23.8 Å². The second kappa shape index (κ2) is 8.69. The first-order chi connectivity index (χ1) is 14.9. The number of anilines is 2. The average Bonchev–Trinajstić information content (AvgIpc) is 3.18. The molecule has 0 spiro atoms. The summed E-state index contributed by atoms with van der Waals surface area (Å²) >= 11 is 0. The molecule has 3 aromatic rings. The second-order valence-electron chi connectivity index (χ2n) is 7.86. The minimum absolute atomic E-state index is 0.131. The van der Waals surface area contributed by atoms with E-state index in [-0.39, 0.29) is 17.5 Å². The van der Waals surface area contributed by atoms with E-state index in [2.05, 4.69) is 21.8 Å². The van der Waals surface area contributed by atoms with Gasteiger partial charge in [0.1, 0.15) is 10.7 Å². The number of rotatable bonds is 7. The van der Waals surface area contributed by atoms with Crippen molar-refractivity contribution in [3.8, 4) is 0 Å². The van der Waals surface area contributed by atoms with Crippen molar-refractivity contribution < 1.29 is 12.8 Å². The zero-order valence-electron chi connectivity index (χ0n) is 17.6. The number of nitrogens with one attached hydrogen (secondary N) is 1. The molecule has 0 saturated carbocycles. The molecule has 1 aliphatic heterocycles. The van der Waals surface area contributed by atoms with Crippen LogP contribution in [0, 0.1) is 5.82 Å². The maximum Gasteiger partial charge on any atom is 0.243 e. The lowest BCUT2D eigenvalue weighted by Gasteiger charge is -2.31. The molecule has 1 heterocycles. The Hall–Kier alpha value is -2.90. The predicted molar refractivity (Wildman–Crippen MR) is 123 cm³/mol. The third-order valence-electron chi connectivity index (χ3n) is 5.69. The Kier molecular flexibility index (Phi) is 5.98. The molecule has 3 aromatic carbocycles. The summed E-state index contributed by atoms with van der Waals surface area (Å²) in [6, 6.07) is 21.5. The van der Waals surface area contributed by atoms with Crippen molar-refractivity contribution in [2.75, 3.05) is 37.0 Å². The van der Waals surface area contributed by atoms with Gasteiger partial charge in [-0.2, -0.15) is 0 Å². The molecule has 0 radical (unpaired) electrons. The molecule has 0 saturated heterocycles. The predicted octanol–water partition coefficient (Wildman–Crippen LogP) is 3.97. The van der Waals surface area contributed by atoms with Gasteiger partial charge < -0.3 is 9.80 Å². The normalized spacial score (nSPS) is 14.4. The molecule has 1 atom stereocenters. The summed E-state index contributed by atoms with van der Waals surface area (Å²) in [4.78, 5) is 3.91. The lowest BCUT2D eigenvalue weighted by molar-refractivity contribution is 0.546. The van der Waals surface area contributed by atoms with Gasteiger partial charge in [0.05, 0.1) is 6.04 Å². The van der Waals surface area contributed by atoms with Gasteiger partial charge >= 0.3 is 0 Å². The van der Waals surface area contributed by atoms with Crippen LogP contribution in [0.1, 0.15) is 17.2 Å². The van der Waals surface area contributed by atoms with E-state index in [0.717, 1.165) is 36.0 Å². The number of fused-ring (bicyclic) bond motifs is 1. The molecule has 0 amide bonds. The highest BCUT2D eigenvalue weighted by molar-refractivity contribution is 7.89. The molecule has 0 aliphatic carbocycles. The molecule has 5 nitrogen and oxygen atoms in total. The van der Waals surface area contributed by atoms with Crippen LogP contribution in [0.2, 0.25) is 0 Å². The zero-order valence-corrected chi connectivity index (χ0v) is 18.4. The summed E-state index contributed by atoms with van der Waals surface area (Å²) in [7, 11) is -0.0266. The van der Waals surface area contributed by atoms with Gasteiger partial charge in [-0.1, -0.05) is 42.5 Å². The number of para-hydroxylation sites is 1. The van der Waals surface area contributed by atoms with Crippen LogP contribution < -0.4 is 14.5 Å². The van der Waals surface area contributed by atoms with Gasteiger partial charge in [-0.25, -0.2) is 17.5 Å². The van der Waals surface area contributed by atoms with Crippen molar-refractivity contribution in [3.05, 3.63) is 89.7 Å². The monoisotopic (exact) mass is 439 g/mol. The standard InChI is InChI=1S/C24H26FN3O2S/c1-27(2)20-13-11-19(12-14-20)23(28-16-15-18-7-3-5-9-22(18)28)17-26-31(29,30)24-10-6-4-8-21(24)25/h3-14,23,26H,15-17H2,1-2H3/t23-/m1/s1. The number of sulfonamides is 1. The van der Waals surface area contributed by atoms with E-state index in [1.54, 1.807) is 0 Å². The van der Waals surface area contributed by atoms with E-state index in [1.807, 2.05) is 55.4 Å². The topological polar surface area (TPSA) is 52.7 Å². The first-order valence-corrected chi connectivity index (χ1v) is 11.7. The molecule has 0 aromatic heterocycles. The Labute approximate surface area is 183 Å². The highest BCUT2D eigenvalue weighted by Crippen LogP contribution is 2.35. The highest BCUT2D eigenvalue weighted by atomic mass is 32.2. The molecule has 7 heteroatoms. The lowest BCUT2D eigenvalue weighted by Crippen LogP contribution is -2.37. The van der Waals surface area contributed by atoms with Crippen molar-refractivity contribution in [1.29, 1.82) is 0 Å². The van der Waals surface area contributed by atoms with Gasteiger partial charge in [0, 0.05) is 38.6 Å². The fraction of sp³-hybridized carbons (Fsp3) is 0.250. The first-order valence-electron chi connectivity index (χ1n) is 10.2. The van der Waals surface area contributed by atoms with E-state index in [9.17, 15) is 12.8 Å². The van der Waals surface area contributed by atoms with Crippen LogP contribution in [-0.4, -0.2) is 35.6 Å². The fourth-order valence-corrected chi connectivity index (χ4v) is 5.13. The SMILES string of the molecule is CN(C)c1ccc([C@@H](CNS(=O)(=O)c2ccccc2F)N2CCc3ccccc32)cc1. The molecule has 162 valence electrons. The van der Waals surface area contributed by atoms with Crippen LogP contribution in [0.15, 0.2) is 77.7 Å². The summed E-state index contributed by atoms with van der Waals surface area (Å²) in [5.41, 5.74) is 4.42. The number of benzene rings is 3. The average molecular weight is 440 g/mol. The van der Waals surface area contributed by atoms with Gasteiger partial charge in [-0.05, 0) is 47.9 Å². The summed E-state index contributed by atoms with van der Waals surface area (Å²) in [5.74, 6) is -0.756. The molecular weight excluding hydrogens is 413 g/mol. The van der Waals surface area contributed by atoms with Crippen molar-refractivity contribution in [1.82, 2.24) is 4.72 Å². The second-order valence-corrected chi connectivity index (χ2v) is 9.59. The fourth-order valence-electron chi connectivity index (χ4n) is 4.02. The number of nitrogens with zero attached hydrogens (tertiary/aromatic N) is 2. The molecule has 0 bridgehead atoms. The Balaban J connectivity index is 1.65. The summed E-state index contributed by atoms with van der Waals surface area (Å²) in [6.07, 6.45) is 0.905. The van der Waals surface area contributed by atoms with Crippen LogP contribution in [-0.2, 0) is 16.4 Å². The maximum atomic E-state index is 14.1. The largest absolute Gasteiger partial charge is 0.378 e. The van der Waals surface area contributed by atoms with Gasteiger partial charge in [0.15, 0.2) is 0 Å². The highest BCUT2D eigenvalue weighted by Gasteiger charge is 2.29. The summed E-state index contributed by atoms with van der Waals surface area (Å²) in [5, 5.41) is 0. The van der Waals surface area contributed by atoms with Crippen molar-refractivity contribution >= 4 is 21.4 Å². The van der Waals surface area contributed by atoms with E-state index in [0.29, 0.717) is 0 Å². The number of halogens is 1. The lowest BCUT2D eigenvalue weighted by atomic mass is 10.0. The van der Waals surface area contributed by atoms with Crippen molar-refractivity contribution in [2.24, 2.45) is 0 Å². The van der Waals surface area contributed by atoms with Crippen LogP contribution in [0.25, 0.3) is 0 Å². The molecule has 4 rings (SSSR count). The van der Waals surface area contributed by atoms with Gasteiger partial charge in [0.25, 0.3) is 0 Å². The molecule has 0 fully saturated rings.